The topological polar surface area (TPSA) is 77.3 Å². The summed E-state index contributed by atoms with van der Waals surface area (Å²) in [7, 11) is 1.57. The molecule has 0 spiro atoms. The van der Waals surface area contributed by atoms with E-state index in [4.69, 9.17) is 4.74 Å². The van der Waals surface area contributed by atoms with Crippen molar-refractivity contribution in [3.05, 3.63) is 64.8 Å². The maximum atomic E-state index is 13.5. The normalized spacial score (nSPS) is 13.3. The highest BCUT2D eigenvalue weighted by atomic mass is 32.2. The van der Waals surface area contributed by atoms with Gasteiger partial charge in [0, 0.05) is 18.1 Å². The molecule has 30 heavy (non-hydrogen) atoms. The van der Waals surface area contributed by atoms with Crippen LogP contribution < -0.4 is 9.75 Å². The second kappa shape index (κ2) is 7.75. The number of amides is 1. The van der Waals surface area contributed by atoms with Crippen LogP contribution in [0.5, 0.6) is 5.75 Å². The molecule has 1 amide bonds. The minimum Gasteiger partial charge on any atom is -0.497 e. The number of fused-ring (bicyclic) bond motifs is 1. The van der Waals surface area contributed by atoms with Gasteiger partial charge in [-0.15, -0.1) is 10.2 Å². The van der Waals surface area contributed by atoms with Crippen LogP contribution in [0.4, 0.5) is 4.39 Å². The van der Waals surface area contributed by atoms with Crippen molar-refractivity contribution in [3.63, 3.8) is 0 Å². The highest BCUT2D eigenvalue weighted by Gasteiger charge is 2.35. The number of thioether (sulfide) groups is 1. The Kier molecular flexibility index (Phi) is 5.13. The van der Waals surface area contributed by atoms with E-state index in [1.54, 1.807) is 36.1 Å². The highest BCUT2D eigenvalue weighted by Crippen LogP contribution is 2.41. The number of ether oxygens (including phenoxy) is 1. The molecule has 0 atom stereocenters. The second-order valence-corrected chi connectivity index (χ2v) is 7.50. The number of methoxy groups -OCH3 is 1. The number of hydrogen-bond donors (Lipinski definition) is 0. The molecule has 2 aromatic carbocycles. The first-order chi connectivity index (χ1) is 14.4. The number of ketones is 1. The lowest BCUT2D eigenvalue weighted by Gasteiger charge is -2.32. The molecule has 3 aromatic rings. The van der Waals surface area contributed by atoms with Crippen LogP contribution in [0.2, 0.25) is 0 Å². The molecule has 0 saturated heterocycles. The summed E-state index contributed by atoms with van der Waals surface area (Å²) in [6.45, 7) is 2.80. The Hall–Kier alpha value is -3.46. The van der Waals surface area contributed by atoms with Gasteiger partial charge in [0.15, 0.2) is 11.6 Å². The van der Waals surface area contributed by atoms with Crippen LogP contribution >= 0.6 is 11.8 Å². The zero-order valence-corrected chi connectivity index (χ0v) is 17.2. The van der Waals surface area contributed by atoms with E-state index in [1.807, 2.05) is 0 Å². The van der Waals surface area contributed by atoms with E-state index in [0.717, 1.165) is 11.8 Å². The zero-order chi connectivity index (χ0) is 21.4. The quantitative estimate of drug-likeness (QED) is 0.636. The van der Waals surface area contributed by atoms with Gasteiger partial charge in [0.2, 0.25) is 11.1 Å². The van der Waals surface area contributed by atoms with Gasteiger partial charge in [-0.3, -0.25) is 9.59 Å². The van der Waals surface area contributed by atoms with E-state index in [0.29, 0.717) is 38.5 Å². The summed E-state index contributed by atoms with van der Waals surface area (Å²) in [5.74, 6) is 0.124. The maximum Gasteiger partial charge on any atom is 0.243 e. The number of carbonyl (C=O) groups is 2. The fourth-order valence-corrected chi connectivity index (χ4v) is 4.13. The number of benzene rings is 2. The van der Waals surface area contributed by atoms with Crippen LogP contribution in [0, 0.1) is 5.82 Å². The van der Waals surface area contributed by atoms with Gasteiger partial charge in [-0.2, -0.15) is 4.68 Å². The van der Waals surface area contributed by atoms with Gasteiger partial charge in [-0.25, -0.2) is 9.40 Å². The van der Waals surface area contributed by atoms with Gasteiger partial charge >= 0.3 is 0 Å². The summed E-state index contributed by atoms with van der Waals surface area (Å²) >= 11 is 1.12. The van der Waals surface area contributed by atoms with Crippen molar-refractivity contribution in [2.75, 3.05) is 12.1 Å². The van der Waals surface area contributed by atoms with Gasteiger partial charge in [-0.1, -0.05) is 0 Å². The smallest absolute Gasteiger partial charge is 0.243 e. The van der Waals surface area contributed by atoms with Gasteiger partial charge in [0.05, 0.1) is 17.7 Å². The summed E-state index contributed by atoms with van der Waals surface area (Å²) in [6, 6.07) is 12.8. The molecule has 0 saturated carbocycles. The van der Waals surface area contributed by atoms with Crippen molar-refractivity contribution in [1.82, 2.24) is 14.9 Å². The van der Waals surface area contributed by atoms with Crippen molar-refractivity contribution < 1.29 is 18.7 Å². The Labute approximate surface area is 176 Å². The number of hydrogen-bond acceptors (Lipinski definition) is 6. The third-order valence-electron chi connectivity index (χ3n) is 4.52. The Morgan fingerprint density at radius 3 is 2.17 bits per heavy atom. The predicted octanol–water partition coefficient (Wildman–Crippen LogP) is 3.64. The molecule has 4 rings (SSSR count). The number of Topliss-reactive ketones (excluding diaryl/α,β-unsaturated/α-hetero) is 1. The number of carbonyl (C=O) groups excluding carboxylic acids is 2. The summed E-state index contributed by atoms with van der Waals surface area (Å²) in [4.78, 5) is 25.5. The lowest BCUT2D eigenvalue weighted by atomic mass is 10.1. The Bertz CT molecular complexity index is 1170. The number of allylic oxidation sites excluding steroid dienone is 1. The van der Waals surface area contributed by atoms with E-state index in [1.165, 1.54) is 43.1 Å². The third-order valence-corrected chi connectivity index (χ3v) is 5.64. The lowest BCUT2D eigenvalue weighted by Crippen LogP contribution is -2.41. The zero-order valence-electron chi connectivity index (χ0n) is 16.4. The molecule has 2 heterocycles. The fraction of sp³-hybridized carbons (Fsp3) is 0.143. The highest BCUT2D eigenvalue weighted by molar-refractivity contribution is 8.04. The van der Waals surface area contributed by atoms with Crippen molar-refractivity contribution in [3.8, 4) is 17.1 Å². The number of aromatic nitrogens is 3. The predicted molar refractivity (Wildman–Crippen MR) is 111 cm³/mol. The molecule has 0 N–H and O–H groups in total. The number of halogens is 1. The van der Waals surface area contributed by atoms with Gasteiger partial charge in [-0.05, 0) is 67.2 Å². The standard InChI is InChI=1S/C21H17FN4O3S/c1-12(27)19-18(14-4-8-16(22)9-5-14)25(13(2)28)26-20(23-24-21(26)30-19)15-6-10-17(29-3)11-7-15/h4-11H,1-3H3. The first kappa shape index (κ1) is 19.8. The van der Waals surface area contributed by atoms with E-state index in [9.17, 15) is 14.0 Å². The molecule has 0 radical (unpaired) electrons. The Morgan fingerprint density at radius 2 is 1.60 bits per heavy atom. The molecule has 152 valence electrons. The van der Waals surface area contributed by atoms with Gasteiger partial charge < -0.3 is 4.74 Å². The van der Waals surface area contributed by atoms with Crippen LogP contribution in [-0.2, 0) is 9.59 Å². The van der Waals surface area contributed by atoms with Crippen LogP contribution in [0.15, 0.2) is 58.6 Å². The molecule has 7 nitrogen and oxygen atoms in total. The number of nitrogens with zero attached hydrogens (tertiary/aromatic N) is 4. The summed E-state index contributed by atoms with van der Waals surface area (Å²) in [5.41, 5.74) is 1.61. The molecule has 1 aliphatic heterocycles. The van der Waals surface area contributed by atoms with E-state index < -0.39 is 5.82 Å². The molecular formula is C21H17FN4O3S. The minimum absolute atomic E-state index is 0.231. The van der Waals surface area contributed by atoms with Crippen LogP contribution in [0.3, 0.4) is 0 Å². The maximum absolute atomic E-state index is 13.5. The summed E-state index contributed by atoms with van der Waals surface area (Å²) in [5, 5.41) is 10.2. The minimum atomic E-state index is -0.412. The average Bonchev–Trinajstić information content (AvgIpc) is 3.16. The van der Waals surface area contributed by atoms with Gasteiger partial charge in [0.1, 0.15) is 11.6 Å². The Morgan fingerprint density at radius 1 is 0.967 bits per heavy atom. The van der Waals surface area contributed by atoms with Crippen LogP contribution in [0.1, 0.15) is 19.4 Å². The molecular weight excluding hydrogens is 407 g/mol. The number of rotatable bonds is 4. The van der Waals surface area contributed by atoms with Crippen molar-refractivity contribution in [1.29, 1.82) is 0 Å². The Balaban J connectivity index is 1.92. The van der Waals surface area contributed by atoms with Crippen molar-refractivity contribution in [2.45, 2.75) is 19.0 Å². The molecule has 1 aliphatic rings. The van der Waals surface area contributed by atoms with Crippen LogP contribution in [-0.4, -0.2) is 33.7 Å². The van der Waals surface area contributed by atoms with Crippen molar-refractivity contribution >= 4 is 29.1 Å². The molecule has 0 fully saturated rings. The summed E-state index contributed by atoms with van der Waals surface area (Å²) in [6.07, 6.45) is 0. The largest absolute Gasteiger partial charge is 0.497 e. The van der Waals surface area contributed by atoms with Crippen molar-refractivity contribution in [2.24, 2.45) is 0 Å². The first-order valence-electron chi connectivity index (χ1n) is 9.00. The van der Waals surface area contributed by atoms with Gasteiger partial charge in [0.25, 0.3) is 0 Å². The van der Waals surface area contributed by atoms with Crippen LogP contribution in [0.25, 0.3) is 17.1 Å². The molecule has 0 aliphatic carbocycles. The van der Waals surface area contributed by atoms with E-state index in [2.05, 4.69) is 10.2 Å². The summed E-state index contributed by atoms with van der Waals surface area (Å²) < 4.78 is 20.3. The molecule has 1 aromatic heterocycles. The average molecular weight is 424 g/mol. The third kappa shape index (κ3) is 3.37. The molecule has 9 heteroatoms. The molecule has 0 unspecified atom stereocenters. The first-order valence-corrected chi connectivity index (χ1v) is 9.82. The SMILES string of the molecule is COc1ccc(-c2nnc3n2N(C(C)=O)C(c2ccc(F)cc2)=C(C(C)=O)S3)cc1. The van der Waals surface area contributed by atoms with E-state index in [-0.39, 0.29) is 11.7 Å². The molecule has 0 bridgehead atoms. The second-order valence-electron chi connectivity index (χ2n) is 6.52. The lowest BCUT2D eigenvalue weighted by molar-refractivity contribution is -0.117. The van der Waals surface area contributed by atoms with E-state index >= 15 is 0 Å². The fourth-order valence-electron chi connectivity index (χ4n) is 3.16. The monoisotopic (exact) mass is 424 g/mol.